The van der Waals surface area contributed by atoms with Crippen molar-refractivity contribution in [1.29, 1.82) is 0 Å². The fourth-order valence-corrected chi connectivity index (χ4v) is 2.21. The number of benzene rings is 1. The maximum atomic E-state index is 5.38. The van der Waals surface area contributed by atoms with Crippen LogP contribution in [0.25, 0.3) is 0 Å². The zero-order valence-corrected chi connectivity index (χ0v) is 12.9. The molecule has 1 unspecified atom stereocenters. The Labute approximate surface area is 122 Å². The first-order valence-corrected chi connectivity index (χ1v) is 6.92. The molecule has 0 bridgehead atoms. The monoisotopic (exact) mass is 320 g/mol. The van der Waals surface area contributed by atoms with Gasteiger partial charge in [0.15, 0.2) is 0 Å². The number of hydrogen-bond acceptors (Lipinski definition) is 3. The van der Waals surface area contributed by atoms with E-state index in [4.69, 9.17) is 4.74 Å². The van der Waals surface area contributed by atoms with Crippen LogP contribution in [0.2, 0.25) is 0 Å². The van der Waals surface area contributed by atoms with Gasteiger partial charge in [-0.05, 0) is 47.5 Å². The molecule has 0 saturated carbocycles. The van der Waals surface area contributed by atoms with Crippen LogP contribution in [0, 0.1) is 6.92 Å². The van der Waals surface area contributed by atoms with Gasteiger partial charge < -0.3 is 10.1 Å². The Morgan fingerprint density at radius 1 is 1.32 bits per heavy atom. The van der Waals surface area contributed by atoms with Gasteiger partial charge in [-0.3, -0.25) is 0 Å². The molecule has 1 N–H and O–H groups in total. The molecule has 0 aliphatic carbocycles. The Morgan fingerprint density at radius 2 is 2.05 bits per heavy atom. The van der Waals surface area contributed by atoms with Gasteiger partial charge in [-0.1, -0.05) is 18.2 Å². The van der Waals surface area contributed by atoms with E-state index in [0.717, 1.165) is 27.2 Å². The van der Waals surface area contributed by atoms with Crippen molar-refractivity contribution in [3.8, 4) is 5.75 Å². The van der Waals surface area contributed by atoms with Crippen molar-refractivity contribution in [1.82, 2.24) is 4.98 Å². The standard InChI is InChI=1S/C15H17BrN2O/c1-10-8-12(9-17-15(10)16)18-11(2)13-6-4-5-7-14(13)19-3/h4-9,11,18H,1-3H3. The minimum atomic E-state index is 0.151. The number of para-hydroxylation sites is 1. The maximum absolute atomic E-state index is 5.38. The van der Waals surface area contributed by atoms with E-state index in [-0.39, 0.29) is 6.04 Å². The molecule has 0 saturated heterocycles. The van der Waals surface area contributed by atoms with Crippen molar-refractivity contribution in [2.24, 2.45) is 0 Å². The normalized spacial score (nSPS) is 12.0. The van der Waals surface area contributed by atoms with E-state index in [2.05, 4.69) is 45.3 Å². The summed E-state index contributed by atoms with van der Waals surface area (Å²) in [5.74, 6) is 0.893. The smallest absolute Gasteiger partial charge is 0.124 e. The summed E-state index contributed by atoms with van der Waals surface area (Å²) in [5, 5.41) is 3.44. The Bertz CT molecular complexity index is 572. The molecule has 1 aromatic carbocycles. The zero-order valence-electron chi connectivity index (χ0n) is 11.3. The highest BCUT2D eigenvalue weighted by Gasteiger charge is 2.11. The summed E-state index contributed by atoms with van der Waals surface area (Å²) < 4.78 is 6.26. The van der Waals surface area contributed by atoms with Gasteiger partial charge in [-0.25, -0.2) is 4.98 Å². The third-order valence-corrected chi connectivity index (χ3v) is 3.83. The maximum Gasteiger partial charge on any atom is 0.124 e. The number of ether oxygens (including phenoxy) is 1. The number of aromatic nitrogens is 1. The molecule has 3 nitrogen and oxygen atoms in total. The molecule has 19 heavy (non-hydrogen) atoms. The Hall–Kier alpha value is -1.55. The van der Waals surface area contributed by atoms with Crippen LogP contribution in [-0.2, 0) is 0 Å². The van der Waals surface area contributed by atoms with E-state index in [1.54, 1.807) is 7.11 Å². The lowest BCUT2D eigenvalue weighted by Gasteiger charge is -2.18. The number of rotatable bonds is 4. The van der Waals surface area contributed by atoms with E-state index in [9.17, 15) is 0 Å². The molecule has 0 aliphatic rings. The first-order chi connectivity index (χ1) is 9.11. The van der Waals surface area contributed by atoms with Crippen molar-refractivity contribution >= 4 is 21.6 Å². The molecular weight excluding hydrogens is 304 g/mol. The molecule has 100 valence electrons. The quantitative estimate of drug-likeness (QED) is 0.851. The number of hydrogen-bond donors (Lipinski definition) is 1. The van der Waals surface area contributed by atoms with Gasteiger partial charge in [-0.2, -0.15) is 0 Å². The number of pyridine rings is 1. The Morgan fingerprint density at radius 3 is 2.74 bits per heavy atom. The lowest BCUT2D eigenvalue weighted by atomic mass is 10.1. The second-order valence-corrected chi connectivity index (χ2v) is 5.19. The molecule has 0 amide bonds. The highest BCUT2D eigenvalue weighted by atomic mass is 79.9. The van der Waals surface area contributed by atoms with Gasteiger partial charge in [0.2, 0.25) is 0 Å². The van der Waals surface area contributed by atoms with E-state index < -0.39 is 0 Å². The molecule has 0 spiro atoms. The summed E-state index contributed by atoms with van der Waals surface area (Å²) in [4.78, 5) is 4.29. The van der Waals surface area contributed by atoms with E-state index >= 15 is 0 Å². The predicted molar refractivity (Wildman–Crippen MR) is 81.7 cm³/mol. The van der Waals surface area contributed by atoms with Gasteiger partial charge in [0.1, 0.15) is 10.4 Å². The fourth-order valence-electron chi connectivity index (χ4n) is 1.99. The second-order valence-electron chi connectivity index (χ2n) is 4.44. The molecule has 0 aliphatic heterocycles. The minimum absolute atomic E-state index is 0.151. The van der Waals surface area contributed by atoms with Gasteiger partial charge >= 0.3 is 0 Å². The van der Waals surface area contributed by atoms with Gasteiger partial charge in [0, 0.05) is 5.56 Å². The molecule has 0 radical (unpaired) electrons. The summed E-state index contributed by atoms with van der Waals surface area (Å²) in [6, 6.07) is 10.2. The van der Waals surface area contributed by atoms with Crippen molar-refractivity contribution in [3.05, 3.63) is 52.3 Å². The third kappa shape index (κ3) is 3.26. The minimum Gasteiger partial charge on any atom is -0.496 e. The summed E-state index contributed by atoms with van der Waals surface area (Å²) in [7, 11) is 1.69. The molecule has 1 atom stereocenters. The first-order valence-electron chi connectivity index (χ1n) is 6.13. The van der Waals surface area contributed by atoms with Crippen LogP contribution >= 0.6 is 15.9 Å². The molecule has 1 aromatic heterocycles. The third-order valence-electron chi connectivity index (χ3n) is 3.00. The number of methoxy groups -OCH3 is 1. The average molecular weight is 321 g/mol. The first kappa shape index (κ1) is 13.9. The lowest BCUT2D eigenvalue weighted by Crippen LogP contribution is -2.08. The Balaban J connectivity index is 2.20. The highest BCUT2D eigenvalue weighted by Crippen LogP contribution is 2.28. The van der Waals surface area contributed by atoms with Gasteiger partial charge in [0.25, 0.3) is 0 Å². The molecule has 2 rings (SSSR count). The molecular formula is C15H17BrN2O. The molecule has 0 fully saturated rings. The summed E-state index contributed by atoms with van der Waals surface area (Å²) in [6.07, 6.45) is 1.82. The van der Waals surface area contributed by atoms with Crippen LogP contribution in [0.4, 0.5) is 5.69 Å². The Kier molecular flexibility index (Phi) is 4.43. The molecule has 1 heterocycles. The second kappa shape index (κ2) is 6.06. The van der Waals surface area contributed by atoms with E-state index in [1.165, 1.54) is 0 Å². The number of aryl methyl sites for hydroxylation is 1. The SMILES string of the molecule is COc1ccccc1C(C)Nc1cnc(Br)c(C)c1. The van der Waals surface area contributed by atoms with Crippen LogP contribution in [0.3, 0.4) is 0 Å². The van der Waals surface area contributed by atoms with E-state index in [0.29, 0.717) is 0 Å². The van der Waals surface area contributed by atoms with Crippen LogP contribution < -0.4 is 10.1 Å². The topological polar surface area (TPSA) is 34.1 Å². The summed E-state index contributed by atoms with van der Waals surface area (Å²) in [6.45, 7) is 4.13. The average Bonchev–Trinajstić information content (AvgIpc) is 2.43. The van der Waals surface area contributed by atoms with Crippen molar-refractivity contribution in [2.45, 2.75) is 19.9 Å². The number of anilines is 1. The van der Waals surface area contributed by atoms with Crippen LogP contribution in [0.5, 0.6) is 5.75 Å². The highest BCUT2D eigenvalue weighted by molar-refractivity contribution is 9.10. The van der Waals surface area contributed by atoms with Crippen LogP contribution in [-0.4, -0.2) is 12.1 Å². The summed E-state index contributed by atoms with van der Waals surface area (Å²) in [5.41, 5.74) is 3.24. The van der Waals surface area contributed by atoms with E-state index in [1.807, 2.05) is 31.3 Å². The molecule has 4 heteroatoms. The lowest BCUT2D eigenvalue weighted by molar-refractivity contribution is 0.408. The van der Waals surface area contributed by atoms with Crippen molar-refractivity contribution in [2.75, 3.05) is 12.4 Å². The van der Waals surface area contributed by atoms with Crippen molar-refractivity contribution in [3.63, 3.8) is 0 Å². The number of nitrogens with one attached hydrogen (secondary N) is 1. The van der Waals surface area contributed by atoms with Crippen molar-refractivity contribution < 1.29 is 4.74 Å². The van der Waals surface area contributed by atoms with Gasteiger partial charge in [0.05, 0.1) is 25.0 Å². The summed E-state index contributed by atoms with van der Waals surface area (Å²) >= 11 is 3.40. The predicted octanol–water partition coefficient (Wildman–Crippen LogP) is 4.33. The van der Waals surface area contributed by atoms with Crippen LogP contribution in [0.15, 0.2) is 41.1 Å². The number of halogens is 1. The van der Waals surface area contributed by atoms with Crippen LogP contribution in [0.1, 0.15) is 24.1 Å². The van der Waals surface area contributed by atoms with Gasteiger partial charge in [-0.15, -0.1) is 0 Å². The molecule has 2 aromatic rings. The number of nitrogens with zero attached hydrogens (tertiary/aromatic N) is 1. The zero-order chi connectivity index (χ0) is 13.8. The largest absolute Gasteiger partial charge is 0.496 e. The fraction of sp³-hybridized carbons (Fsp3) is 0.267.